The van der Waals surface area contributed by atoms with E-state index in [-0.39, 0.29) is 12.0 Å². The molecule has 0 saturated heterocycles. The quantitative estimate of drug-likeness (QED) is 0.613. The van der Waals surface area contributed by atoms with E-state index in [9.17, 15) is 8.78 Å². The Morgan fingerprint density at radius 1 is 1.19 bits per heavy atom. The highest BCUT2D eigenvalue weighted by atomic mass is 32.1. The highest BCUT2D eigenvalue weighted by Gasteiger charge is 2.28. The van der Waals surface area contributed by atoms with Crippen molar-refractivity contribution in [2.45, 2.75) is 46.0 Å². The zero-order valence-electron chi connectivity index (χ0n) is 10.7. The van der Waals surface area contributed by atoms with Crippen molar-refractivity contribution in [1.82, 2.24) is 4.90 Å². The smallest absolute Gasteiger partial charge is 0.251 e. The molecule has 0 saturated carbocycles. The normalized spacial score (nSPS) is 12.8. The van der Waals surface area contributed by atoms with Crippen molar-refractivity contribution in [2.75, 3.05) is 25.9 Å². The zero-order chi connectivity index (χ0) is 12.6. The van der Waals surface area contributed by atoms with Gasteiger partial charge in [0.1, 0.15) is 0 Å². The monoisotopic (exact) mass is 253 g/mol. The number of thiol groups is 1. The van der Waals surface area contributed by atoms with Crippen molar-refractivity contribution in [3.63, 3.8) is 0 Å². The predicted octanol–water partition coefficient (Wildman–Crippen LogP) is 3.70. The molecule has 16 heavy (non-hydrogen) atoms. The van der Waals surface area contributed by atoms with Gasteiger partial charge in [-0.3, -0.25) is 0 Å². The van der Waals surface area contributed by atoms with Gasteiger partial charge >= 0.3 is 0 Å². The lowest BCUT2D eigenvalue weighted by atomic mass is 9.80. The molecule has 1 nitrogen and oxygen atoms in total. The van der Waals surface area contributed by atoms with Crippen LogP contribution in [0, 0.1) is 5.41 Å². The lowest BCUT2D eigenvalue weighted by molar-refractivity contribution is 0.0750. The van der Waals surface area contributed by atoms with Crippen LogP contribution in [0.4, 0.5) is 8.78 Å². The van der Waals surface area contributed by atoms with Gasteiger partial charge in [-0.05, 0) is 31.1 Å². The fourth-order valence-corrected chi connectivity index (χ4v) is 2.84. The minimum atomic E-state index is -2.24. The maximum atomic E-state index is 12.3. The van der Waals surface area contributed by atoms with Crippen LogP contribution in [0.1, 0.15) is 39.5 Å². The number of hydrogen-bond donors (Lipinski definition) is 1. The van der Waals surface area contributed by atoms with E-state index in [0.717, 1.165) is 38.0 Å². The number of halogens is 2. The first kappa shape index (κ1) is 16.2. The number of alkyl halides is 2. The van der Waals surface area contributed by atoms with Crippen LogP contribution in [-0.4, -0.2) is 37.2 Å². The summed E-state index contributed by atoms with van der Waals surface area (Å²) in [6.07, 6.45) is 2.06. The fourth-order valence-electron chi connectivity index (χ4n) is 2.42. The zero-order valence-corrected chi connectivity index (χ0v) is 11.6. The molecule has 0 fully saturated rings. The van der Waals surface area contributed by atoms with Gasteiger partial charge < -0.3 is 4.90 Å². The van der Waals surface area contributed by atoms with Crippen molar-refractivity contribution >= 4 is 12.6 Å². The van der Waals surface area contributed by atoms with Crippen LogP contribution in [-0.2, 0) is 0 Å². The van der Waals surface area contributed by atoms with E-state index in [1.54, 1.807) is 11.9 Å². The molecule has 0 bridgehead atoms. The van der Waals surface area contributed by atoms with Crippen LogP contribution < -0.4 is 0 Å². The fraction of sp³-hybridized carbons (Fsp3) is 1.00. The van der Waals surface area contributed by atoms with Gasteiger partial charge in [0.25, 0.3) is 6.43 Å². The third-order valence-electron chi connectivity index (χ3n) is 2.95. The van der Waals surface area contributed by atoms with Crippen LogP contribution in [0.2, 0.25) is 0 Å². The van der Waals surface area contributed by atoms with Crippen LogP contribution in [0.5, 0.6) is 0 Å². The van der Waals surface area contributed by atoms with E-state index < -0.39 is 6.43 Å². The van der Waals surface area contributed by atoms with Crippen LogP contribution in [0.15, 0.2) is 0 Å². The summed E-state index contributed by atoms with van der Waals surface area (Å²) in [5.41, 5.74) is 0.107. The van der Waals surface area contributed by atoms with Gasteiger partial charge in [0.05, 0.1) is 6.54 Å². The van der Waals surface area contributed by atoms with Crippen molar-refractivity contribution in [3.8, 4) is 0 Å². The maximum Gasteiger partial charge on any atom is 0.251 e. The molecule has 0 atom stereocenters. The van der Waals surface area contributed by atoms with Gasteiger partial charge in [-0.25, -0.2) is 8.78 Å². The molecular weight excluding hydrogens is 228 g/mol. The van der Waals surface area contributed by atoms with E-state index in [1.807, 2.05) is 0 Å². The molecule has 4 heteroatoms. The molecule has 0 N–H and O–H groups in total. The summed E-state index contributed by atoms with van der Waals surface area (Å²) >= 11 is 4.42. The van der Waals surface area contributed by atoms with Crippen molar-refractivity contribution in [1.29, 1.82) is 0 Å². The topological polar surface area (TPSA) is 3.24 Å². The summed E-state index contributed by atoms with van der Waals surface area (Å²) in [4.78, 5) is 1.74. The Morgan fingerprint density at radius 3 is 2.00 bits per heavy atom. The van der Waals surface area contributed by atoms with E-state index in [1.165, 1.54) is 0 Å². The second-order valence-corrected chi connectivity index (χ2v) is 5.06. The molecular formula is C12H25F2NS. The highest BCUT2D eigenvalue weighted by molar-refractivity contribution is 7.80. The molecule has 0 spiro atoms. The van der Waals surface area contributed by atoms with E-state index in [4.69, 9.17) is 0 Å². The summed E-state index contributed by atoms with van der Waals surface area (Å²) < 4.78 is 24.6. The highest BCUT2D eigenvalue weighted by Crippen LogP contribution is 2.32. The SMILES string of the molecule is CCCC(CS)(CCC)CN(C)CC(F)F. The molecule has 0 rings (SSSR count). The molecule has 0 unspecified atom stereocenters. The largest absolute Gasteiger partial charge is 0.300 e. The van der Waals surface area contributed by atoms with Crippen molar-refractivity contribution in [2.24, 2.45) is 5.41 Å². The molecule has 0 amide bonds. The molecule has 0 aliphatic rings. The number of hydrogen-bond acceptors (Lipinski definition) is 2. The lowest BCUT2D eigenvalue weighted by Gasteiger charge is -2.36. The third kappa shape index (κ3) is 6.04. The Morgan fingerprint density at radius 2 is 1.69 bits per heavy atom. The number of rotatable bonds is 9. The average molecular weight is 253 g/mol. The van der Waals surface area contributed by atoms with Gasteiger partial charge in [-0.1, -0.05) is 26.7 Å². The first-order chi connectivity index (χ1) is 7.49. The number of nitrogens with zero attached hydrogens (tertiary/aromatic N) is 1. The molecule has 0 aliphatic heterocycles. The molecule has 98 valence electrons. The third-order valence-corrected chi connectivity index (χ3v) is 3.62. The Labute approximate surface area is 104 Å². The van der Waals surface area contributed by atoms with Gasteiger partial charge in [0, 0.05) is 6.54 Å². The summed E-state index contributed by atoms with van der Waals surface area (Å²) in [6, 6.07) is 0. The minimum Gasteiger partial charge on any atom is -0.300 e. The van der Waals surface area contributed by atoms with E-state index >= 15 is 0 Å². The molecule has 0 aromatic rings. The second kappa shape index (κ2) is 8.29. The van der Waals surface area contributed by atoms with Gasteiger partial charge in [-0.15, -0.1) is 0 Å². The van der Waals surface area contributed by atoms with Crippen molar-refractivity contribution < 1.29 is 8.78 Å². The van der Waals surface area contributed by atoms with E-state index in [0.29, 0.717) is 0 Å². The summed E-state index contributed by atoms with van der Waals surface area (Å²) in [5, 5.41) is 0. The molecule has 0 aromatic heterocycles. The molecule has 0 radical (unpaired) electrons. The lowest BCUT2D eigenvalue weighted by Crippen LogP contribution is -2.39. The van der Waals surface area contributed by atoms with Crippen LogP contribution in [0.3, 0.4) is 0 Å². The Bertz CT molecular complexity index is 170. The van der Waals surface area contributed by atoms with Gasteiger partial charge in [-0.2, -0.15) is 12.6 Å². The standard InChI is InChI=1S/C12H25F2NS/c1-4-6-12(10-16,7-5-2)9-15(3)8-11(13)14/h11,16H,4-10H2,1-3H3. The van der Waals surface area contributed by atoms with E-state index in [2.05, 4.69) is 26.5 Å². The average Bonchev–Trinajstić information content (AvgIpc) is 2.16. The molecule has 0 heterocycles. The van der Waals surface area contributed by atoms with Gasteiger partial charge in [0.15, 0.2) is 0 Å². The van der Waals surface area contributed by atoms with Crippen molar-refractivity contribution in [3.05, 3.63) is 0 Å². The predicted molar refractivity (Wildman–Crippen MR) is 69.6 cm³/mol. The summed E-state index contributed by atoms with van der Waals surface area (Å²) in [6.45, 7) is 4.87. The maximum absolute atomic E-state index is 12.3. The molecule has 0 aliphatic carbocycles. The van der Waals surface area contributed by atoms with Crippen LogP contribution in [0.25, 0.3) is 0 Å². The van der Waals surface area contributed by atoms with Crippen LogP contribution >= 0.6 is 12.6 Å². The Hall–Kier alpha value is 0.170. The summed E-state index contributed by atoms with van der Waals surface area (Å²) in [7, 11) is 1.77. The first-order valence-corrected chi connectivity index (χ1v) is 6.70. The van der Waals surface area contributed by atoms with Gasteiger partial charge in [0.2, 0.25) is 0 Å². The first-order valence-electron chi connectivity index (χ1n) is 6.07. The summed E-state index contributed by atoms with van der Waals surface area (Å²) in [5.74, 6) is 0.780. The minimum absolute atomic E-state index is 0.107. The molecule has 0 aromatic carbocycles. The second-order valence-electron chi connectivity index (χ2n) is 4.75. The Balaban J connectivity index is 4.37. The Kier molecular flexibility index (Phi) is 8.38.